The van der Waals surface area contributed by atoms with Gasteiger partial charge in [0.2, 0.25) is 0 Å². The highest BCUT2D eigenvalue weighted by atomic mass is 79.9. The summed E-state index contributed by atoms with van der Waals surface area (Å²) in [6.45, 7) is 2.99. The number of nitrogens with one attached hydrogen (secondary N) is 1. The fourth-order valence-corrected chi connectivity index (χ4v) is 3.64. The van der Waals surface area contributed by atoms with Crippen molar-refractivity contribution in [3.63, 3.8) is 0 Å². The standard InChI is InChI=1S/C24H21BrCl2N2O3/c1-2-11-31-20-8-5-17(6-9-20)24(30)29-28-14-16-3-10-23(21(25)12-16)32-15-18-4-7-19(26)13-22(18)27/h3-10,12-14H,2,11,15H2,1H3,(H,29,30)/b28-14+. The molecule has 1 amide bonds. The quantitative estimate of drug-likeness (QED) is 0.240. The maximum atomic E-state index is 12.2. The number of hydrogen-bond donors (Lipinski definition) is 1. The van der Waals surface area contributed by atoms with E-state index in [9.17, 15) is 4.79 Å². The van der Waals surface area contributed by atoms with Crippen LogP contribution in [0.3, 0.4) is 0 Å². The molecule has 3 aromatic rings. The fraction of sp³-hybridized carbons (Fsp3) is 0.167. The molecular formula is C24H21BrCl2N2O3. The first-order chi connectivity index (χ1) is 15.5. The van der Waals surface area contributed by atoms with Gasteiger partial charge in [0, 0.05) is 21.2 Å². The predicted molar refractivity (Wildman–Crippen MR) is 132 cm³/mol. The summed E-state index contributed by atoms with van der Waals surface area (Å²) in [5.74, 6) is 1.09. The number of amides is 1. The van der Waals surface area contributed by atoms with Crippen LogP contribution in [0, 0.1) is 0 Å². The summed E-state index contributed by atoms with van der Waals surface area (Å²) < 4.78 is 12.1. The highest BCUT2D eigenvalue weighted by Crippen LogP contribution is 2.28. The largest absolute Gasteiger partial charge is 0.494 e. The van der Waals surface area contributed by atoms with Crippen LogP contribution < -0.4 is 14.9 Å². The molecule has 32 heavy (non-hydrogen) atoms. The lowest BCUT2D eigenvalue weighted by molar-refractivity contribution is 0.0955. The summed E-state index contributed by atoms with van der Waals surface area (Å²) >= 11 is 15.6. The Bertz CT molecular complexity index is 1100. The van der Waals surface area contributed by atoms with E-state index in [1.807, 2.05) is 31.2 Å². The summed E-state index contributed by atoms with van der Waals surface area (Å²) in [5, 5.41) is 5.16. The second-order valence-electron chi connectivity index (χ2n) is 6.79. The molecule has 0 aromatic heterocycles. The average molecular weight is 536 g/mol. The Morgan fingerprint density at radius 1 is 1.06 bits per heavy atom. The molecule has 0 aliphatic carbocycles. The lowest BCUT2D eigenvalue weighted by Crippen LogP contribution is -2.17. The van der Waals surface area contributed by atoms with E-state index in [0.717, 1.165) is 27.8 Å². The molecule has 5 nitrogen and oxygen atoms in total. The van der Waals surface area contributed by atoms with Crippen molar-refractivity contribution >= 4 is 51.3 Å². The number of carbonyl (C=O) groups is 1. The Morgan fingerprint density at radius 3 is 2.53 bits per heavy atom. The number of hydrazone groups is 1. The number of hydrogen-bond acceptors (Lipinski definition) is 4. The average Bonchev–Trinajstić information content (AvgIpc) is 2.78. The molecule has 166 valence electrons. The van der Waals surface area contributed by atoms with Crippen LogP contribution in [-0.2, 0) is 6.61 Å². The zero-order valence-electron chi connectivity index (χ0n) is 17.3. The van der Waals surface area contributed by atoms with Crippen molar-refractivity contribution in [1.29, 1.82) is 0 Å². The summed E-state index contributed by atoms with van der Waals surface area (Å²) in [6.07, 6.45) is 2.48. The van der Waals surface area contributed by atoms with Crippen molar-refractivity contribution in [1.82, 2.24) is 5.43 Å². The number of rotatable bonds is 9. The first kappa shape index (κ1) is 24.1. The molecule has 0 unspecified atom stereocenters. The highest BCUT2D eigenvalue weighted by molar-refractivity contribution is 9.10. The summed E-state index contributed by atoms with van der Waals surface area (Å²) in [7, 11) is 0. The Morgan fingerprint density at radius 2 is 1.84 bits per heavy atom. The lowest BCUT2D eigenvalue weighted by Gasteiger charge is -2.10. The van der Waals surface area contributed by atoms with E-state index in [1.54, 1.807) is 42.6 Å². The van der Waals surface area contributed by atoms with Gasteiger partial charge in [0.05, 0.1) is 17.3 Å². The molecule has 8 heteroatoms. The first-order valence-corrected chi connectivity index (χ1v) is 11.4. The van der Waals surface area contributed by atoms with Gasteiger partial charge in [0.25, 0.3) is 5.91 Å². The SMILES string of the molecule is CCCOc1ccc(C(=O)N/N=C/c2ccc(OCc3ccc(Cl)cc3Cl)c(Br)c2)cc1. The molecule has 0 aliphatic rings. The molecule has 0 heterocycles. The zero-order valence-corrected chi connectivity index (χ0v) is 20.4. The van der Waals surface area contributed by atoms with E-state index in [4.69, 9.17) is 32.7 Å². The first-order valence-electron chi connectivity index (χ1n) is 9.89. The van der Waals surface area contributed by atoms with Gasteiger partial charge in [0.15, 0.2) is 0 Å². The molecule has 1 N–H and O–H groups in total. The number of halogens is 3. The summed E-state index contributed by atoms with van der Waals surface area (Å²) in [6, 6.07) is 17.7. The van der Waals surface area contributed by atoms with Crippen molar-refractivity contribution in [2.75, 3.05) is 6.61 Å². The van der Waals surface area contributed by atoms with Gasteiger partial charge < -0.3 is 9.47 Å². The van der Waals surface area contributed by atoms with Crippen LogP contribution in [0.4, 0.5) is 0 Å². The molecule has 0 fully saturated rings. The van der Waals surface area contributed by atoms with Crippen molar-refractivity contribution < 1.29 is 14.3 Å². The van der Waals surface area contributed by atoms with Crippen LogP contribution >= 0.6 is 39.1 Å². The normalized spacial score (nSPS) is 10.9. The number of nitrogens with zero attached hydrogens (tertiary/aromatic N) is 1. The van der Waals surface area contributed by atoms with Crippen LogP contribution in [0.15, 0.2) is 70.2 Å². The maximum absolute atomic E-state index is 12.2. The molecule has 0 radical (unpaired) electrons. The van der Waals surface area contributed by atoms with Gasteiger partial charge in [-0.25, -0.2) is 5.43 Å². The van der Waals surface area contributed by atoms with Crippen LogP contribution in [0.25, 0.3) is 0 Å². The summed E-state index contributed by atoms with van der Waals surface area (Å²) in [4.78, 5) is 12.2. The molecule has 0 saturated carbocycles. The smallest absolute Gasteiger partial charge is 0.271 e. The second-order valence-corrected chi connectivity index (χ2v) is 8.48. The Hall–Kier alpha value is -2.54. The number of ether oxygens (including phenoxy) is 2. The second kappa shape index (κ2) is 11.9. The van der Waals surface area contributed by atoms with Gasteiger partial charge in [-0.05, 0) is 82.5 Å². The third-order valence-electron chi connectivity index (χ3n) is 4.32. The molecule has 3 aromatic carbocycles. The molecule has 0 bridgehead atoms. The van der Waals surface area contributed by atoms with Crippen molar-refractivity contribution in [2.24, 2.45) is 5.10 Å². The van der Waals surface area contributed by atoms with Crippen molar-refractivity contribution in [3.8, 4) is 11.5 Å². The minimum Gasteiger partial charge on any atom is -0.494 e. The van der Waals surface area contributed by atoms with Gasteiger partial charge in [-0.1, -0.05) is 36.2 Å². The van der Waals surface area contributed by atoms with Gasteiger partial charge in [-0.15, -0.1) is 0 Å². The minimum absolute atomic E-state index is 0.304. The molecule has 3 rings (SSSR count). The molecule has 0 saturated heterocycles. The summed E-state index contributed by atoms with van der Waals surface area (Å²) in [5.41, 5.74) is 4.64. The third-order valence-corrected chi connectivity index (χ3v) is 5.53. The minimum atomic E-state index is -0.304. The van der Waals surface area contributed by atoms with Gasteiger partial charge >= 0.3 is 0 Å². The monoisotopic (exact) mass is 534 g/mol. The van der Waals surface area contributed by atoms with E-state index >= 15 is 0 Å². The van der Waals surface area contributed by atoms with E-state index in [0.29, 0.717) is 34.6 Å². The van der Waals surface area contributed by atoms with Gasteiger partial charge in [-0.3, -0.25) is 4.79 Å². The molecule has 0 atom stereocenters. The topological polar surface area (TPSA) is 59.9 Å². The zero-order chi connectivity index (χ0) is 22.9. The predicted octanol–water partition coefficient (Wildman–Crippen LogP) is 6.89. The Kier molecular flexibility index (Phi) is 8.97. The number of benzene rings is 3. The highest BCUT2D eigenvalue weighted by Gasteiger charge is 2.07. The van der Waals surface area contributed by atoms with E-state index < -0.39 is 0 Å². The van der Waals surface area contributed by atoms with Crippen LogP contribution in [0.5, 0.6) is 11.5 Å². The molecule has 0 aliphatic heterocycles. The Balaban J connectivity index is 1.54. The Labute approximate surface area is 205 Å². The van der Waals surface area contributed by atoms with E-state index in [-0.39, 0.29) is 5.91 Å². The fourth-order valence-electron chi connectivity index (χ4n) is 2.66. The number of carbonyl (C=O) groups excluding carboxylic acids is 1. The van der Waals surface area contributed by atoms with Crippen molar-refractivity contribution in [3.05, 3.63) is 91.9 Å². The maximum Gasteiger partial charge on any atom is 0.271 e. The van der Waals surface area contributed by atoms with E-state index in [2.05, 4.69) is 26.5 Å². The lowest BCUT2D eigenvalue weighted by atomic mass is 10.2. The molecular weight excluding hydrogens is 515 g/mol. The van der Waals surface area contributed by atoms with Gasteiger partial charge in [-0.2, -0.15) is 5.10 Å². The van der Waals surface area contributed by atoms with Crippen LogP contribution in [-0.4, -0.2) is 18.7 Å². The van der Waals surface area contributed by atoms with Crippen LogP contribution in [0.1, 0.15) is 34.8 Å². The van der Waals surface area contributed by atoms with Gasteiger partial charge in [0.1, 0.15) is 18.1 Å². The molecule has 0 spiro atoms. The van der Waals surface area contributed by atoms with E-state index in [1.165, 1.54) is 0 Å². The third kappa shape index (κ3) is 6.99. The van der Waals surface area contributed by atoms with Crippen LogP contribution in [0.2, 0.25) is 10.0 Å². The van der Waals surface area contributed by atoms with Crippen molar-refractivity contribution in [2.45, 2.75) is 20.0 Å².